The van der Waals surface area contributed by atoms with Gasteiger partial charge in [-0.05, 0) is 36.4 Å². The van der Waals surface area contributed by atoms with Crippen LogP contribution in [-0.2, 0) is 6.54 Å². The van der Waals surface area contributed by atoms with Gasteiger partial charge in [0.2, 0.25) is 0 Å². The summed E-state index contributed by atoms with van der Waals surface area (Å²) in [6, 6.07) is 13.8. The van der Waals surface area contributed by atoms with Crippen LogP contribution in [0, 0.1) is 5.82 Å². The van der Waals surface area contributed by atoms with E-state index in [4.69, 9.17) is 4.74 Å². The zero-order chi connectivity index (χ0) is 17.6. The number of amides is 2. The maximum Gasteiger partial charge on any atom is 0.322 e. The summed E-state index contributed by atoms with van der Waals surface area (Å²) in [6.45, 7) is 4.12. The van der Waals surface area contributed by atoms with Crippen LogP contribution in [0.5, 0.6) is 5.75 Å². The highest BCUT2D eigenvalue weighted by Crippen LogP contribution is 2.12. The van der Waals surface area contributed by atoms with Crippen molar-refractivity contribution in [3.05, 3.63) is 59.9 Å². The molecule has 1 saturated heterocycles. The summed E-state index contributed by atoms with van der Waals surface area (Å²) < 4.78 is 18.2. The highest BCUT2D eigenvalue weighted by atomic mass is 19.1. The molecule has 132 valence electrons. The maximum atomic E-state index is 12.9. The molecular weight excluding hydrogens is 321 g/mol. The largest absolute Gasteiger partial charge is 0.497 e. The number of carbonyl (C=O) groups is 1. The minimum absolute atomic E-state index is 0.132. The molecule has 0 spiro atoms. The molecule has 2 amide bonds. The Bertz CT molecular complexity index is 713. The van der Waals surface area contributed by atoms with Crippen molar-refractivity contribution in [1.82, 2.24) is 4.90 Å². The number of piperazine rings is 1. The lowest BCUT2D eigenvalue weighted by Crippen LogP contribution is -3.13. The van der Waals surface area contributed by atoms with E-state index in [9.17, 15) is 9.18 Å². The third kappa shape index (κ3) is 4.70. The quantitative estimate of drug-likeness (QED) is 0.888. The number of hydrogen-bond donors (Lipinski definition) is 2. The van der Waals surface area contributed by atoms with Crippen molar-refractivity contribution in [1.29, 1.82) is 0 Å². The molecule has 1 aliphatic rings. The van der Waals surface area contributed by atoms with Crippen LogP contribution < -0.4 is 15.0 Å². The van der Waals surface area contributed by atoms with Crippen molar-refractivity contribution in [3.63, 3.8) is 0 Å². The van der Waals surface area contributed by atoms with Crippen molar-refractivity contribution < 1.29 is 18.8 Å². The predicted molar refractivity (Wildman–Crippen MR) is 94.4 cm³/mol. The van der Waals surface area contributed by atoms with E-state index in [1.165, 1.54) is 22.6 Å². The van der Waals surface area contributed by atoms with Gasteiger partial charge in [-0.3, -0.25) is 0 Å². The fourth-order valence-electron chi connectivity index (χ4n) is 3.01. The van der Waals surface area contributed by atoms with Crippen LogP contribution in [-0.4, -0.2) is 44.2 Å². The number of ether oxygens (including phenoxy) is 1. The summed E-state index contributed by atoms with van der Waals surface area (Å²) in [7, 11) is 1.67. The minimum Gasteiger partial charge on any atom is -0.497 e. The SMILES string of the molecule is COc1cccc(C[NH+]2CCN(C(=O)Nc3ccc(F)cc3)CC2)c1. The van der Waals surface area contributed by atoms with Crippen molar-refractivity contribution in [2.45, 2.75) is 6.54 Å². The third-order valence-electron chi connectivity index (χ3n) is 4.44. The van der Waals surface area contributed by atoms with E-state index in [-0.39, 0.29) is 11.8 Å². The summed E-state index contributed by atoms with van der Waals surface area (Å²) in [4.78, 5) is 15.5. The lowest BCUT2D eigenvalue weighted by molar-refractivity contribution is -0.917. The molecule has 2 aromatic rings. The van der Waals surface area contributed by atoms with Gasteiger partial charge in [0.25, 0.3) is 0 Å². The van der Waals surface area contributed by atoms with Crippen LogP contribution in [0.1, 0.15) is 5.56 Å². The summed E-state index contributed by atoms with van der Waals surface area (Å²) >= 11 is 0. The van der Waals surface area contributed by atoms with E-state index in [0.29, 0.717) is 18.8 Å². The summed E-state index contributed by atoms with van der Waals surface area (Å²) in [6.07, 6.45) is 0. The van der Waals surface area contributed by atoms with Crippen LogP contribution in [0.15, 0.2) is 48.5 Å². The molecule has 3 rings (SSSR count). The third-order valence-corrected chi connectivity index (χ3v) is 4.44. The minimum atomic E-state index is -0.312. The van der Waals surface area contributed by atoms with Crippen molar-refractivity contribution >= 4 is 11.7 Å². The molecule has 25 heavy (non-hydrogen) atoms. The van der Waals surface area contributed by atoms with Gasteiger partial charge in [0, 0.05) is 11.3 Å². The molecule has 5 nitrogen and oxygen atoms in total. The van der Waals surface area contributed by atoms with Gasteiger partial charge in [-0.2, -0.15) is 0 Å². The molecule has 1 fully saturated rings. The molecular formula is C19H23FN3O2+. The number of hydrogen-bond acceptors (Lipinski definition) is 2. The highest BCUT2D eigenvalue weighted by Gasteiger charge is 2.23. The normalized spacial score (nSPS) is 15.0. The molecule has 0 saturated carbocycles. The Hall–Kier alpha value is -2.60. The number of methoxy groups -OCH3 is 1. The molecule has 1 aliphatic heterocycles. The molecule has 0 bridgehead atoms. The smallest absolute Gasteiger partial charge is 0.322 e. The Balaban J connectivity index is 1.49. The molecule has 0 atom stereocenters. The monoisotopic (exact) mass is 344 g/mol. The highest BCUT2D eigenvalue weighted by molar-refractivity contribution is 5.89. The first-order chi connectivity index (χ1) is 12.1. The second-order valence-corrected chi connectivity index (χ2v) is 6.20. The van der Waals surface area contributed by atoms with Crippen LogP contribution in [0.4, 0.5) is 14.9 Å². The van der Waals surface area contributed by atoms with Crippen LogP contribution in [0.3, 0.4) is 0 Å². The Labute approximate surface area is 147 Å². The van der Waals surface area contributed by atoms with E-state index >= 15 is 0 Å². The summed E-state index contributed by atoms with van der Waals surface area (Å²) in [5.41, 5.74) is 1.84. The standard InChI is InChI=1S/C19H22FN3O2/c1-25-18-4-2-3-15(13-18)14-22-9-11-23(12-10-22)19(24)21-17-7-5-16(20)6-8-17/h2-8,13H,9-12,14H2,1H3,(H,21,24)/p+1. The lowest BCUT2D eigenvalue weighted by Gasteiger charge is -2.32. The van der Waals surface area contributed by atoms with Crippen LogP contribution in [0.25, 0.3) is 0 Å². The Morgan fingerprint density at radius 2 is 1.92 bits per heavy atom. The molecule has 2 aromatic carbocycles. The van der Waals surface area contributed by atoms with Gasteiger partial charge in [0.05, 0.1) is 33.3 Å². The number of carbonyl (C=O) groups excluding carboxylic acids is 1. The van der Waals surface area contributed by atoms with Gasteiger partial charge in [0.15, 0.2) is 0 Å². The van der Waals surface area contributed by atoms with E-state index < -0.39 is 0 Å². The summed E-state index contributed by atoms with van der Waals surface area (Å²) in [5.74, 6) is 0.557. The first kappa shape index (κ1) is 17.2. The van der Waals surface area contributed by atoms with Gasteiger partial charge in [-0.25, -0.2) is 9.18 Å². The van der Waals surface area contributed by atoms with E-state index in [2.05, 4.69) is 17.4 Å². The van der Waals surface area contributed by atoms with Crippen molar-refractivity contribution in [3.8, 4) is 5.75 Å². The zero-order valence-electron chi connectivity index (χ0n) is 14.3. The average Bonchev–Trinajstić information content (AvgIpc) is 2.64. The second kappa shape index (κ2) is 7.98. The molecule has 1 heterocycles. The fraction of sp³-hybridized carbons (Fsp3) is 0.316. The summed E-state index contributed by atoms with van der Waals surface area (Å²) in [5, 5.41) is 2.81. The Kier molecular flexibility index (Phi) is 5.50. The number of nitrogens with zero attached hydrogens (tertiary/aromatic N) is 1. The molecule has 0 unspecified atom stereocenters. The lowest BCUT2D eigenvalue weighted by atomic mass is 10.2. The first-order valence-electron chi connectivity index (χ1n) is 8.42. The number of urea groups is 1. The maximum absolute atomic E-state index is 12.9. The topological polar surface area (TPSA) is 46.0 Å². The Morgan fingerprint density at radius 1 is 1.20 bits per heavy atom. The van der Waals surface area contributed by atoms with Crippen LogP contribution >= 0.6 is 0 Å². The van der Waals surface area contributed by atoms with Gasteiger partial charge in [-0.1, -0.05) is 12.1 Å². The van der Waals surface area contributed by atoms with Gasteiger partial charge < -0.3 is 19.9 Å². The van der Waals surface area contributed by atoms with Crippen molar-refractivity contribution in [2.24, 2.45) is 0 Å². The number of quaternary nitrogens is 1. The molecule has 0 radical (unpaired) electrons. The predicted octanol–water partition coefficient (Wildman–Crippen LogP) is 1.77. The van der Waals surface area contributed by atoms with E-state index in [1.54, 1.807) is 24.1 Å². The molecule has 0 aromatic heterocycles. The van der Waals surface area contributed by atoms with Crippen molar-refractivity contribution in [2.75, 3.05) is 38.6 Å². The molecule has 6 heteroatoms. The number of rotatable bonds is 4. The molecule has 0 aliphatic carbocycles. The zero-order valence-corrected chi connectivity index (χ0v) is 14.3. The van der Waals surface area contributed by atoms with E-state index in [1.807, 2.05) is 12.1 Å². The Morgan fingerprint density at radius 3 is 2.60 bits per heavy atom. The van der Waals surface area contributed by atoms with Gasteiger partial charge in [-0.15, -0.1) is 0 Å². The number of halogens is 1. The number of anilines is 1. The number of benzene rings is 2. The van der Waals surface area contributed by atoms with Gasteiger partial charge in [0.1, 0.15) is 18.1 Å². The first-order valence-corrected chi connectivity index (χ1v) is 8.42. The van der Waals surface area contributed by atoms with Crippen LogP contribution in [0.2, 0.25) is 0 Å². The average molecular weight is 344 g/mol. The number of nitrogens with one attached hydrogen (secondary N) is 2. The van der Waals surface area contributed by atoms with Gasteiger partial charge >= 0.3 is 6.03 Å². The fourth-order valence-corrected chi connectivity index (χ4v) is 3.01. The van der Waals surface area contributed by atoms with E-state index in [0.717, 1.165) is 25.4 Å². The second-order valence-electron chi connectivity index (χ2n) is 6.20. The molecule has 2 N–H and O–H groups in total.